The third-order valence-corrected chi connectivity index (χ3v) is 5.18. The van der Waals surface area contributed by atoms with Crippen LogP contribution in [-0.4, -0.2) is 51.9 Å². The van der Waals surface area contributed by atoms with Gasteiger partial charge in [-0.1, -0.05) is 13.5 Å². The number of hydrogen-bond acceptors (Lipinski definition) is 4. The highest BCUT2D eigenvalue weighted by atomic mass is 16.2. The van der Waals surface area contributed by atoms with Crippen LogP contribution in [0, 0.1) is 5.92 Å². The van der Waals surface area contributed by atoms with Crippen LogP contribution in [-0.2, 0) is 9.59 Å². The number of nitrogens with zero attached hydrogens (tertiary/aromatic N) is 3. The van der Waals surface area contributed by atoms with E-state index in [-0.39, 0.29) is 17.4 Å². The minimum atomic E-state index is -0.766. The fourth-order valence-electron chi connectivity index (χ4n) is 3.88. The monoisotopic (exact) mass is 293 g/mol. The molecule has 1 unspecified atom stereocenters. The first-order chi connectivity index (χ1) is 9.89. The van der Waals surface area contributed by atoms with E-state index < -0.39 is 6.04 Å². The van der Waals surface area contributed by atoms with Crippen LogP contribution in [0.15, 0.2) is 12.8 Å². The number of amides is 1. The van der Waals surface area contributed by atoms with Crippen LogP contribution in [0.2, 0.25) is 0 Å². The predicted molar refractivity (Wildman–Crippen MR) is 82.0 cm³/mol. The lowest BCUT2D eigenvalue weighted by Crippen LogP contribution is -2.75. The van der Waals surface area contributed by atoms with Crippen LogP contribution in [0.25, 0.3) is 0 Å². The highest BCUT2D eigenvalue weighted by Crippen LogP contribution is 2.42. The highest BCUT2D eigenvalue weighted by Gasteiger charge is 2.54. The Morgan fingerprint density at radius 2 is 2.00 bits per heavy atom. The number of likely N-dealkylation sites (N-methyl/N-ethyl adjacent to an activating group) is 1. The molecule has 1 heterocycles. The summed E-state index contributed by atoms with van der Waals surface area (Å²) in [5.41, 5.74) is -0.307. The Morgan fingerprint density at radius 1 is 1.43 bits per heavy atom. The minimum absolute atomic E-state index is 0.0856. The van der Waals surface area contributed by atoms with Gasteiger partial charge in [-0.2, -0.15) is 5.01 Å². The van der Waals surface area contributed by atoms with E-state index in [1.54, 1.807) is 11.2 Å². The van der Waals surface area contributed by atoms with Crippen LogP contribution in [0.4, 0.5) is 0 Å². The number of ketones is 1. The summed E-state index contributed by atoms with van der Waals surface area (Å²) in [6.45, 7) is 10.2. The summed E-state index contributed by atoms with van der Waals surface area (Å²) in [7, 11) is 1.97. The lowest BCUT2D eigenvalue weighted by Gasteiger charge is -2.60. The second kappa shape index (κ2) is 5.79. The molecule has 0 aromatic rings. The molecular weight excluding hydrogens is 266 g/mol. The van der Waals surface area contributed by atoms with Gasteiger partial charge in [-0.15, -0.1) is 0 Å². The van der Waals surface area contributed by atoms with Crippen LogP contribution >= 0.6 is 0 Å². The second-order valence-electron chi connectivity index (χ2n) is 6.35. The van der Waals surface area contributed by atoms with E-state index in [4.69, 9.17) is 0 Å². The quantitative estimate of drug-likeness (QED) is 0.747. The van der Waals surface area contributed by atoms with E-state index in [1.165, 1.54) is 6.92 Å². The molecule has 1 saturated heterocycles. The van der Waals surface area contributed by atoms with Crippen molar-refractivity contribution in [3.63, 3.8) is 0 Å². The van der Waals surface area contributed by atoms with E-state index in [1.807, 2.05) is 18.9 Å². The maximum Gasteiger partial charge on any atom is 0.256 e. The van der Waals surface area contributed by atoms with Gasteiger partial charge in [0, 0.05) is 19.8 Å². The van der Waals surface area contributed by atoms with E-state index in [0.29, 0.717) is 12.5 Å². The largest absolute Gasteiger partial charge is 0.321 e. The molecule has 118 valence electrons. The van der Waals surface area contributed by atoms with Crippen molar-refractivity contribution in [2.75, 3.05) is 13.6 Å². The van der Waals surface area contributed by atoms with Crippen LogP contribution in [0.5, 0.6) is 0 Å². The number of Topliss-reactive ketones (excluding diaryl/α,β-unsaturated/α-hetero) is 1. The first-order valence-electron chi connectivity index (χ1n) is 7.85. The molecule has 2 fully saturated rings. The topological polar surface area (TPSA) is 43.9 Å². The Labute approximate surface area is 127 Å². The molecule has 5 heteroatoms. The molecule has 1 atom stereocenters. The van der Waals surface area contributed by atoms with Crippen molar-refractivity contribution in [1.82, 2.24) is 14.9 Å². The van der Waals surface area contributed by atoms with Crippen molar-refractivity contribution in [2.45, 2.75) is 58.2 Å². The molecule has 5 nitrogen and oxygen atoms in total. The van der Waals surface area contributed by atoms with E-state index in [2.05, 4.69) is 18.5 Å². The highest BCUT2D eigenvalue weighted by molar-refractivity contribution is 6.05. The van der Waals surface area contributed by atoms with Crippen molar-refractivity contribution in [3.8, 4) is 0 Å². The molecule has 0 bridgehead atoms. The Hall–Kier alpha value is -1.36. The van der Waals surface area contributed by atoms with Crippen LogP contribution in [0.1, 0.15) is 46.5 Å². The Morgan fingerprint density at radius 3 is 2.43 bits per heavy atom. The van der Waals surface area contributed by atoms with Gasteiger partial charge < -0.3 is 4.90 Å². The first-order valence-corrected chi connectivity index (χ1v) is 7.85. The zero-order chi connectivity index (χ0) is 15.8. The fraction of sp³-hybridized carbons (Fsp3) is 0.750. The predicted octanol–water partition coefficient (Wildman–Crippen LogP) is 2.00. The molecule has 1 aliphatic carbocycles. The van der Waals surface area contributed by atoms with Gasteiger partial charge in [0.2, 0.25) is 0 Å². The number of hydrazine groups is 1. The molecule has 2 aliphatic rings. The van der Waals surface area contributed by atoms with Crippen molar-refractivity contribution >= 4 is 11.7 Å². The summed E-state index contributed by atoms with van der Waals surface area (Å²) in [6, 6.07) is -0.766. The number of carbonyl (C=O) groups is 2. The summed E-state index contributed by atoms with van der Waals surface area (Å²) in [5, 5.41) is 3.80. The zero-order valence-corrected chi connectivity index (χ0v) is 13.6. The van der Waals surface area contributed by atoms with E-state index in [0.717, 1.165) is 25.7 Å². The lowest BCUT2D eigenvalue weighted by molar-refractivity contribution is -0.217. The molecule has 1 amide bonds. The average Bonchev–Trinajstić information content (AvgIpc) is 2.45. The van der Waals surface area contributed by atoms with Crippen LogP contribution < -0.4 is 0 Å². The Bertz CT molecular complexity index is 441. The van der Waals surface area contributed by atoms with Crippen molar-refractivity contribution in [1.29, 1.82) is 0 Å². The number of rotatable bonds is 3. The molecule has 0 aromatic heterocycles. The Kier molecular flexibility index (Phi) is 4.42. The van der Waals surface area contributed by atoms with Crippen molar-refractivity contribution in [2.24, 2.45) is 5.92 Å². The lowest BCUT2D eigenvalue weighted by atomic mass is 9.80. The molecule has 1 spiro atoms. The maximum absolute atomic E-state index is 12.9. The van der Waals surface area contributed by atoms with Gasteiger partial charge in [-0.05, 0) is 45.4 Å². The molecule has 2 rings (SSSR count). The van der Waals surface area contributed by atoms with Crippen LogP contribution in [0.3, 0.4) is 0 Å². The van der Waals surface area contributed by atoms with Gasteiger partial charge >= 0.3 is 0 Å². The average molecular weight is 293 g/mol. The maximum atomic E-state index is 12.9. The Balaban J connectivity index is 2.43. The SMILES string of the molecule is C=CN1C(C(C)=O)C(=O)N(CC)C2(CCC(C)CC2)N1C. The third kappa shape index (κ3) is 2.37. The fourth-order valence-corrected chi connectivity index (χ4v) is 3.88. The molecule has 1 aliphatic heterocycles. The van der Waals surface area contributed by atoms with Gasteiger partial charge in [0.1, 0.15) is 5.66 Å². The summed E-state index contributed by atoms with van der Waals surface area (Å²) < 4.78 is 0. The standard InChI is InChI=1S/C16H27N3O2/c1-6-18-15(21)14(13(4)20)19(7-2)17(5)16(18)10-8-12(3)9-11-16/h7,12,14H,2,6,8-11H2,1,3-5H3. The molecule has 0 N–H and O–H groups in total. The number of carbonyl (C=O) groups excluding carboxylic acids is 2. The normalized spacial score (nSPS) is 34.4. The first kappa shape index (κ1) is 16.0. The van der Waals surface area contributed by atoms with E-state index in [9.17, 15) is 9.59 Å². The molecule has 0 aromatic carbocycles. The van der Waals surface area contributed by atoms with Gasteiger partial charge in [0.25, 0.3) is 5.91 Å². The molecular formula is C16H27N3O2. The van der Waals surface area contributed by atoms with Gasteiger partial charge in [0.05, 0.1) is 0 Å². The van der Waals surface area contributed by atoms with Gasteiger partial charge in [-0.25, -0.2) is 0 Å². The summed E-state index contributed by atoms with van der Waals surface area (Å²) in [6.07, 6.45) is 5.70. The van der Waals surface area contributed by atoms with Crippen molar-refractivity contribution in [3.05, 3.63) is 12.8 Å². The van der Waals surface area contributed by atoms with Gasteiger partial charge in [-0.3, -0.25) is 14.6 Å². The smallest absolute Gasteiger partial charge is 0.256 e. The van der Waals surface area contributed by atoms with Gasteiger partial charge in [0.15, 0.2) is 11.8 Å². The molecule has 21 heavy (non-hydrogen) atoms. The summed E-state index contributed by atoms with van der Waals surface area (Å²) in [5.74, 6) is 0.474. The van der Waals surface area contributed by atoms with Crippen molar-refractivity contribution < 1.29 is 9.59 Å². The van der Waals surface area contributed by atoms with E-state index >= 15 is 0 Å². The minimum Gasteiger partial charge on any atom is -0.321 e. The summed E-state index contributed by atoms with van der Waals surface area (Å²) >= 11 is 0. The summed E-state index contributed by atoms with van der Waals surface area (Å²) in [4.78, 5) is 26.7. The zero-order valence-electron chi connectivity index (χ0n) is 13.6. The number of hydrogen-bond donors (Lipinski definition) is 0. The second-order valence-corrected chi connectivity index (χ2v) is 6.35. The third-order valence-electron chi connectivity index (χ3n) is 5.18. The molecule has 0 radical (unpaired) electrons. The molecule has 1 saturated carbocycles.